The van der Waals surface area contributed by atoms with Gasteiger partial charge in [-0.25, -0.2) is 8.42 Å². The summed E-state index contributed by atoms with van der Waals surface area (Å²) in [6, 6.07) is 5.62. The van der Waals surface area contributed by atoms with Crippen molar-refractivity contribution in [2.75, 3.05) is 24.7 Å². The highest BCUT2D eigenvalue weighted by atomic mass is 32.2. The van der Waals surface area contributed by atoms with E-state index < -0.39 is 9.84 Å². The fraction of sp³-hybridized carbons (Fsp3) is 0.467. The van der Waals surface area contributed by atoms with Crippen molar-refractivity contribution >= 4 is 9.84 Å². The second-order valence-corrected chi connectivity index (χ2v) is 6.89. The molecule has 0 aliphatic rings. The molecule has 1 aromatic rings. The van der Waals surface area contributed by atoms with E-state index in [0.717, 1.165) is 16.9 Å². The summed E-state index contributed by atoms with van der Waals surface area (Å²) in [7, 11) is -2.91. The summed E-state index contributed by atoms with van der Waals surface area (Å²) in [5, 5.41) is 0. The van der Waals surface area contributed by atoms with Gasteiger partial charge in [-0.15, -0.1) is 0 Å². The lowest BCUT2D eigenvalue weighted by Crippen LogP contribution is -2.11. The molecule has 0 bridgehead atoms. The van der Waals surface area contributed by atoms with Crippen molar-refractivity contribution in [1.82, 2.24) is 0 Å². The molecule has 2 N–H and O–H groups in total. The van der Waals surface area contributed by atoms with Crippen molar-refractivity contribution in [1.29, 1.82) is 0 Å². The largest absolute Gasteiger partial charge is 0.494 e. The van der Waals surface area contributed by atoms with Crippen LogP contribution in [0.5, 0.6) is 5.75 Å². The highest BCUT2D eigenvalue weighted by Gasteiger charge is 2.06. The van der Waals surface area contributed by atoms with E-state index in [1.165, 1.54) is 0 Å². The van der Waals surface area contributed by atoms with Crippen LogP contribution in [0.3, 0.4) is 0 Å². The Balaban J connectivity index is 2.52. The molecule has 0 heterocycles. The fourth-order valence-electron chi connectivity index (χ4n) is 1.63. The Labute approximate surface area is 121 Å². The van der Waals surface area contributed by atoms with Gasteiger partial charge < -0.3 is 10.5 Å². The van der Waals surface area contributed by atoms with E-state index in [-0.39, 0.29) is 11.5 Å². The number of hydrogen-bond acceptors (Lipinski definition) is 4. The summed E-state index contributed by atoms with van der Waals surface area (Å²) in [5.41, 5.74) is 7.28. The number of ether oxygens (including phenoxy) is 1. The van der Waals surface area contributed by atoms with Gasteiger partial charge in [0.2, 0.25) is 0 Å². The lowest BCUT2D eigenvalue weighted by Gasteiger charge is -2.08. The Bertz CT molecular complexity index is 597. The maximum atomic E-state index is 11.3. The van der Waals surface area contributed by atoms with Crippen molar-refractivity contribution in [3.8, 4) is 17.6 Å². The molecule has 5 heteroatoms. The number of hydrogen-bond donors (Lipinski definition) is 1. The van der Waals surface area contributed by atoms with Gasteiger partial charge >= 0.3 is 0 Å². The van der Waals surface area contributed by atoms with E-state index in [2.05, 4.69) is 11.8 Å². The lowest BCUT2D eigenvalue weighted by atomic mass is 10.1. The average Bonchev–Trinajstić information content (AvgIpc) is 2.43. The van der Waals surface area contributed by atoms with E-state index in [1.54, 1.807) is 6.92 Å². The molecule has 0 amide bonds. The maximum Gasteiger partial charge on any atom is 0.150 e. The van der Waals surface area contributed by atoms with Crippen molar-refractivity contribution in [2.24, 2.45) is 5.73 Å². The van der Waals surface area contributed by atoms with Gasteiger partial charge in [-0.05, 0) is 37.1 Å². The molecule has 20 heavy (non-hydrogen) atoms. The first-order valence-electron chi connectivity index (χ1n) is 6.61. The van der Waals surface area contributed by atoms with Crippen LogP contribution in [0.2, 0.25) is 0 Å². The first-order chi connectivity index (χ1) is 9.48. The van der Waals surface area contributed by atoms with Gasteiger partial charge in [-0.1, -0.05) is 18.8 Å². The Hall–Kier alpha value is -1.51. The summed E-state index contributed by atoms with van der Waals surface area (Å²) in [5.74, 6) is 6.88. The molecule has 0 spiro atoms. The van der Waals surface area contributed by atoms with Crippen molar-refractivity contribution in [3.05, 3.63) is 29.3 Å². The highest BCUT2D eigenvalue weighted by molar-refractivity contribution is 7.91. The highest BCUT2D eigenvalue weighted by Crippen LogP contribution is 2.16. The zero-order chi connectivity index (χ0) is 15.0. The van der Waals surface area contributed by atoms with Crippen LogP contribution in [0.15, 0.2) is 18.2 Å². The van der Waals surface area contributed by atoms with Crippen molar-refractivity contribution < 1.29 is 13.2 Å². The molecule has 0 saturated heterocycles. The molecule has 0 aliphatic carbocycles. The second-order valence-electron chi connectivity index (χ2n) is 4.42. The number of nitrogens with two attached hydrogens (primary N) is 1. The van der Waals surface area contributed by atoms with E-state index in [0.29, 0.717) is 19.6 Å². The molecular weight excluding hydrogens is 274 g/mol. The number of sulfone groups is 1. The third-order valence-corrected chi connectivity index (χ3v) is 4.62. The van der Waals surface area contributed by atoms with Crippen LogP contribution in [-0.4, -0.2) is 33.1 Å². The van der Waals surface area contributed by atoms with E-state index in [1.807, 2.05) is 25.1 Å². The van der Waals surface area contributed by atoms with E-state index in [9.17, 15) is 8.42 Å². The van der Waals surface area contributed by atoms with Gasteiger partial charge in [-0.2, -0.15) is 0 Å². The van der Waals surface area contributed by atoms with Gasteiger partial charge in [-0.3, -0.25) is 0 Å². The molecular formula is C15H21NO3S. The number of benzene rings is 1. The average molecular weight is 295 g/mol. The summed E-state index contributed by atoms with van der Waals surface area (Å²) >= 11 is 0. The number of rotatable bonds is 6. The molecule has 110 valence electrons. The molecule has 0 saturated carbocycles. The summed E-state index contributed by atoms with van der Waals surface area (Å²) in [6.07, 6.45) is 0.504. The minimum Gasteiger partial charge on any atom is -0.494 e. The van der Waals surface area contributed by atoms with E-state index >= 15 is 0 Å². The normalized spacial score (nSPS) is 10.8. The predicted molar refractivity (Wildman–Crippen MR) is 81.6 cm³/mol. The van der Waals surface area contributed by atoms with Gasteiger partial charge in [0.25, 0.3) is 0 Å². The third-order valence-electron chi connectivity index (χ3n) is 2.83. The minimum atomic E-state index is -2.91. The molecule has 1 aromatic carbocycles. The van der Waals surface area contributed by atoms with Crippen molar-refractivity contribution in [2.45, 2.75) is 20.3 Å². The van der Waals surface area contributed by atoms with Crippen LogP contribution in [0, 0.1) is 18.8 Å². The first-order valence-corrected chi connectivity index (χ1v) is 8.43. The lowest BCUT2D eigenvalue weighted by molar-refractivity contribution is 0.317. The second kappa shape index (κ2) is 7.93. The maximum absolute atomic E-state index is 11.3. The first kappa shape index (κ1) is 16.5. The zero-order valence-electron chi connectivity index (χ0n) is 12.0. The molecule has 0 fully saturated rings. The van der Waals surface area contributed by atoms with Crippen molar-refractivity contribution in [3.63, 3.8) is 0 Å². The molecule has 0 aromatic heterocycles. The Morgan fingerprint density at radius 1 is 1.35 bits per heavy atom. The third kappa shape index (κ3) is 5.64. The molecule has 1 rings (SSSR count). The van der Waals surface area contributed by atoms with Crippen LogP contribution < -0.4 is 10.5 Å². The van der Waals surface area contributed by atoms with Crippen LogP contribution in [0.1, 0.15) is 24.5 Å². The Kier molecular flexibility index (Phi) is 6.56. The molecule has 0 atom stereocenters. The van der Waals surface area contributed by atoms with Crippen LogP contribution in [-0.2, 0) is 9.84 Å². The van der Waals surface area contributed by atoms with Gasteiger partial charge in [0.15, 0.2) is 0 Å². The Morgan fingerprint density at radius 2 is 2.10 bits per heavy atom. The molecule has 0 unspecified atom stereocenters. The van der Waals surface area contributed by atoms with Crippen LogP contribution in [0.4, 0.5) is 0 Å². The molecule has 0 radical (unpaired) electrons. The van der Waals surface area contributed by atoms with Gasteiger partial charge in [0.1, 0.15) is 15.6 Å². The molecule has 0 aliphatic heterocycles. The SMILES string of the molecule is CCS(=O)(=O)CCCOc1ccc(C#CCN)c(C)c1. The summed E-state index contributed by atoms with van der Waals surface area (Å²) in [6.45, 7) is 4.34. The minimum absolute atomic E-state index is 0.169. The summed E-state index contributed by atoms with van der Waals surface area (Å²) < 4.78 is 28.2. The quantitative estimate of drug-likeness (QED) is 0.638. The monoisotopic (exact) mass is 295 g/mol. The number of aryl methyl sites for hydroxylation is 1. The fourth-order valence-corrected chi connectivity index (χ4v) is 2.47. The topological polar surface area (TPSA) is 69.4 Å². The predicted octanol–water partition coefficient (Wildman–Crippen LogP) is 1.51. The Morgan fingerprint density at radius 3 is 2.70 bits per heavy atom. The van der Waals surface area contributed by atoms with Gasteiger partial charge in [0, 0.05) is 11.3 Å². The summed E-state index contributed by atoms with van der Waals surface area (Å²) in [4.78, 5) is 0. The van der Waals surface area contributed by atoms with E-state index in [4.69, 9.17) is 10.5 Å². The standard InChI is InChI=1S/C15H21NO3S/c1-3-20(17,18)11-5-10-19-15-8-7-14(6-4-9-16)13(2)12-15/h7-8,12H,3,5,9-11,16H2,1-2H3. The van der Waals surface area contributed by atoms with Gasteiger partial charge in [0.05, 0.1) is 18.9 Å². The smallest absolute Gasteiger partial charge is 0.150 e. The van der Waals surface area contributed by atoms with Crippen LogP contribution >= 0.6 is 0 Å². The van der Waals surface area contributed by atoms with Crippen LogP contribution in [0.25, 0.3) is 0 Å². The zero-order valence-corrected chi connectivity index (χ0v) is 12.8. The molecule has 4 nitrogen and oxygen atoms in total.